The van der Waals surface area contributed by atoms with Gasteiger partial charge in [0.25, 0.3) is 0 Å². The predicted molar refractivity (Wildman–Crippen MR) is 152 cm³/mol. The van der Waals surface area contributed by atoms with Crippen LogP contribution in [-0.2, 0) is 14.3 Å². The van der Waals surface area contributed by atoms with Gasteiger partial charge in [-0.3, -0.25) is 4.79 Å². The molecule has 1 fully saturated rings. The minimum atomic E-state index is -1.55. The molecule has 0 aromatic carbocycles. The highest BCUT2D eigenvalue weighted by Gasteiger charge is 2.44. The minimum absolute atomic E-state index is 0.144. The summed E-state index contributed by atoms with van der Waals surface area (Å²) in [5.41, 5.74) is 0. The van der Waals surface area contributed by atoms with Crippen LogP contribution in [0.5, 0.6) is 0 Å². The van der Waals surface area contributed by atoms with E-state index in [0.29, 0.717) is 12.8 Å². The van der Waals surface area contributed by atoms with Crippen LogP contribution in [0.1, 0.15) is 117 Å². The standard InChI is InChI=1S/C30H57NO8/c1-3-5-7-9-10-11-12-13-14-15-16-18-20-26(34)31-23(24(33)19-17-8-6-4-2)22-38-30-29(37)28(36)27(35)25(21-32)39-30/h10-11,23-25,27-30,32-33,35-37H,3-9,12-22H2,1-2H3,(H,31,34)/b11-10-. The van der Waals surface area contributed by atoms with Crippen molar-refractivity contribution in [3.05, 3.63) is 12.2 Å². The van der Waals surface area contributed by atoms with Crippen LogP contribution in [0.2, 0.25) is 0 Å². The van der Waals surface area contributed by atoms with Crippen LogP contribution < -0.4 is 5.32 Å². The molecule has 7 unspecified atom stereocenters. The largest absolute Gasteiger partial charge is 0.394 e. The number of allylic oxidation sites excluding steroid dienone is 2. The maximum atomic E-state index is 12.7. The maximum Gasteiger partial charge on any atom is 0.220 e. The third-order valence-electron chi connectivity index (χ3n) is 7.37. The highest BCUT2D eigenvalue weighted by molar-refractivity contribution is 5.76. The number of nitrogens with one attached hydrogen (secondary N) is 1. The Hall–Kier alpha value is -1.07. The number of amides is 1. The molecule has 0 saturated carbocycles. The van der Waals surface area contributed by atoms with Gasteiger partial charge in [0.1, 0.15) is 24.4 Å². The molecule has 39 heavy (non-hydrogen) atoms. The zero-order valence-electron chi connectivity index (χ0n) is 24.4. The van der Waals surface area contributed by atoms with Crippen molar-refractivity contribution in [3.8, 4) is 0 Å². The van der Waals surface area contributed by atoms with Crippen LogP contribution in [0.4, 0.5) is 0 Å². The number of carbonyl (C=O) groups excluding carboxylic acids is 1. The number of hydrogen-bond donors (Lipinski definition) is 6. The number of unbranched alkanes of at least 4 members (excludes halogenated alkanes) is 11. The van der Waals surface area contributed by atoms with Crippen molar-refractivity contribution in [1.82, 2.24) is 5.32 Å². The normalized spacial score (nSPS) is 25.2. The van der Waals surface area contributed by atoms with Crippen LogP contribution in [0.25, 0.3) is 0 Å². The lowest BCUT2D eigenvalue weighted by atomic mass is 9.99. The molecular weight excluding hydrogens is 502 g/mol. The molecule has 1 heterocycles. The van der Waals surface area contributed by atoms with Crippen molar-refractivity contribution < 1.29 is 39.8 Å². The quantitative estimate of drug-likeness (QED) is 0.0823. The van der Waals surface area contributed by atoms with E-state index in [9.17, 15) is 30.3 Å². The molecule has 9 heteroatoms. The molecule has 0 spiro atoms. The zero-order valence-corrected chi connectivity index (χ0v) is 24.4. The fourth-order valence-corrected chi connectivity index (χ4v) is 4.74. The fourth-order valence-electron chi connectivity index (χ4n) is 4.74. The van der Waals surface area contributed by atoms with E-state index in [1.165, 1.54) is 25.7 Å². The number of aliphatic hydroxyl groups excluding tert-OH is 5. The Labute approximate surface area is 236 Å². The van der Waals surface area contributed by atoms with E-state index in [4.69, 9.17) is 9.47 Å². The molecule has 230 valence electrons. The molecular formula is C30H57NO8. The molecule has 1 aliphatic heterocycles. The molecule has 1 aliphatic rings. The summed E-state index contributed by atoms with van der Waals surface area (Å²) in [4.78, 5) is 12.7. The summed E-state index contributed by atoms with van der Waals surface area (Å²) in [5.74, 6) is -0.167. The molecule has 0 aliphatic carbocycles. The number of ether oxygens (including phenoxy) is 2. The van der Waals surface area contributed by atoms with Gasteiger partial charge in [0, 0.05) is 6.42 Å². The van der Waals surface area contributed by atoms with Crippen LogP contribution in [-0.4, -0.2) is 87.5 Å². The number of rotatable bonds is 23. The van der Waals surface area contributed by atoms with Crippen LogP contribution in [0.15, 0.2) is 12.2 Å². The van der Waals surface area contributed by atoms with E-state index in [1.807, 2.05) is 0 Å². The van der Waals surface area contributed by atoms with E-state index in [0.717, 1.165) is 64.2 Å². The first kappa shape index (κ1) is 36.0. The lowest BCUT2D eigenvalue weighted by molar-refractivity contribution is -0.302. The highest BCUT2D eigenvalue weighted by Crippen LogP contribution is 2.22. The van der Waals surface area contributed by atoms with Gasteiger partial charge in [-0.05, 0) is 38.5 Å². The van der Waals surface area contributed by atoms with E-state index in [1.54, 1.807) is 0 Å². The summed E-state index contributed by atoms with van der Waals surface area (Å²) in [6.07, 6.45) is 12.8. The molecule has 0 aromatic heterocycles. The van der Waals surface area contributed by atoms with Gasteiger partial charge >= 0.3 is 0 Å². The van der Waals surface area contributed by atoms with Crippen LogP contribution in [0, 0.1) is 0 Å². The summed E-state index contributed by atoms with van der Waals surface area (Å²) < 4.78 is 11.0. The van der Waals surface area contributed by atoms with Gasteiger partial charge in [-0.1, -0.05) is 83.8 Å². The third kappa shape index (κ3) is 15.5. The Bertz CT molecular complexity index is 632. The van der Waals surface area contributed by atoms with E-state index >= 15 is 0 Å². The fraction of sp³-hybridized carbons (Fsp3) is 0.900. The first-order chi connectivity index (χ1) is 18.8. The summed E-state index contributed by atoms with van der Waals surface area (Å²) in [6, 6.07) is -0.712. The number of aliphatic hydroxyl groups is 5. The molecule has 1 amide bonds. The summed E-state index contributed by atoms with van der Waals surface area (Å²) in [5, 5.41) is 53.2. The third-order valence-corrected chi connectivity index (χ3v) is 7.37. The zero-order chi connectivity index (χ0) is 28.9. The van der Waals surface area contributed by atoms with E-state index in [-0.39, 0.29) is 12.5 Å². The second-order valence-corrected chi connectivity index (χ2v) is 10.9. The lowest BCUT2D eigenvalue weighted by Gasteiger charge is -2.40. The average Bonchev–Trinajstić information content (AvgIpc) is 2.93. The van der Waals surface area contributed by atoms with Gasteiger partial charge in [-0.25, -0.2) is 0 Å². The van der Waals surface area contributed by atoms with E-state index in [2.05, 4.69) is 31.3 Å². The van der Waals surface area contributed by atoms with Crippen LogP contribution in [0.3, 0.4) is 0 Å². The molecule has 1 saturated heterocycles. The van der Waals surface area contributed by atoms with Crippen molar-refractivity contribution in [2.24, 2.45) is 0 Å². The summed E-state index contributed by atoms with van der Waals surface area (Å²) in [6.45, 7) is 3.63. The van der Waals surface area contributed by atoms with Crippen LogP contribution >= 0.6 is 0 Å². The van der Waals surface area contributed by atoms with Crippen molar-refractivity contribution in [3.63, 3.8) is 0 Å². The average molecular weight is 560 g/mol. The highest BCUT2D eigenvalue weighted by atomic mass is 16.7. The second kappa shape index (κ2) is 22.6. The number of carbonyl (C=O) groups is 1. The van der Waals surface area contributed by atoms with Gasteiger partial charge < -0.3 is 40.3 Å². The van der Waals surface area contributed by atoms with Gasteiger partial charge in [0.05, 0.1) is 25.4 Å². The molecule has 9 nitrogen and oxygen atoms in total. The Balaban J connectivity index is 2.44. The van der Waals surface area contributed by atoms with Crippen molar-refractivity contribution in [1.29, 1.82) is 0 Å². The smallest absolute Gasteiger partial charge is 0.220 e. The molecule has 0 radical (unpaired) electrons. The Morgan fingerprint density at radius 2 is 1.44 bits per heavy atom. The van der Waals surface area contributed by atoms with Crippen molar-refractivity contribution in [2.45, 2.75) is 159 Å². The summed E-state index contributed by atoms with van der Waals surface area (Å²) >= 11 is 0. The number of hydrogen-bond acceptors (Lipinski definition) is 8. The predicted octanol–water partition coefficient (Wildman–Crippen LogP) is 3.49. The Kier molecular flexibility index (Phi) is 20.8. The second-order valence-electron chi connectivity index (χ2n) is 10.9. The van der Waals surface area contributed by atoms with Gasteiger partial charge in [0.15, 0.2) is 6.29 Å². The molecule has 0 aromatic rings. The summed E-state index contributed by atoms with van der Waals surface area (Å²) in [7, 11) is 0. The SMILES string of the molecule is CCCCC/C=C\CCCCCCCC(=O)NC(COC1OC(CO)C(O)C(O)C1O)C(O)CCCCCC. The van der Waals surface area contributed by atoms with Gasteiger partial charge in [-0.2, -0.15) is 0 Å². The first-order valence-corrected chi connectivity index (χ1v) is 15.4. The topological polar surface area (TPSA) is 149 Å². The van der Waals surface area contributed by atoms with Gasteiger partial charge in [-0.15, -0.1) is 0 Å². The monoisotopic (exact) mass is 559 g/mol. The van der Waals surface area contributed by atoms with E-state index < -0.39 is 49.5 Å². The molecule has 0 bridgehead atoms. The maximum absolute atomic E-state index is 12.7. The lowest BCUT2D eigenvalue weighted by Crippen LogP contribution is -2.60. The van der Waals surface area contributed by atoms with Crippen molar-refractivity contribution in [2.75, 3.05) is 13.2 Å². The molecule has 7 atom stereocenters. The van der Waals surface area contributed by atoms with Crippen molar-refractivity contribution >= 4 is 5.91 Å². The molecule has 6 N–H and O–H groups in total. The Morgan fingerprint density at radius 3 is 2.10 bits per heavy atom. The minimum Gasteiger partial charge on any atom is -0.394 e. The van der Waals surface area contributed by atoms with Gasteiger partial charge in [0.2, 0.25) is 5.91 Å². The Morgan fingerprint density at radius 1 is 0.846 bits per heavy atom. The first-order valence-electron chi connectivity index (χ1n) is 15.4. The molecule has 1 rings (SSSR count).